The Hall–Kier alpha value is -2.60. The van der Waals surface area contributed by atoms with Crippen molar-refractivity contribution in [3.05, 3.63) is 59.0 Å². The van der Waals surface area contributed by atoms with Gasteiger partial charge in [-0.15, -0.1) is 0 Å². The van der Waals surface area contributed by atoms with Gasteiger partial charge in [0.25, 0.3) is 0 Å². The molecule has 0 aliphatic rings. The highest BCUT2D eigenvalue weighted by atomic mass is 16.4. The molecule has 0 aliphatic heterocycles. The van der Waals surface area contributed by atoms with E-state index < -0.39 is 17.8 Å². The molecule has 0 aliphatic carbocycles. The molecule has 2 aromatic rings. The molecule has 0 fully saturated rings. The van der Waals surface area contributed by atoms with E-state index in [1.54, 1.807) is 18.2 Å². The number of carbonyl (C=O) groups is 2. The highest BCUT2D eigenvalue weighted by Crippen LogP contribution is 2.30. The van der Waals surface area contributed by atoms with E-state index in [1.807, 2.05) is 0 Å². The number of carboxylic acids is 1. The van der Waals surface area contributed by atoms with Crippen LogP contribution in [-0.2, 0) is 0 Å². The Morgan fingerprint density at radius 1 is 1.20 bits per heavy atom. The summed E-state index contributed by atoms with van der Waals surface area (Å²) in [5.74, 6) is -2.83. The molecule has 6 heteroatoms. The van der Waals surface area contributed by atoms with Crippen LogP contribution in [0, 0.1) is 0 Å². The third-order valence-electron chi connectivity index (χ3n) is 3.05. The average molecular weight is 275 g/mol. The first-order valence-electron chi connectivity index (χ1n) is 5.86. The summed E-state index contributed by atoms with van der Waals surface area (Å²) in [6, 6.07) is 7.94. The van der Waals surface area contributed by atoms with E-state index in [0.29, 0.717) is 11.1 Å². The van der Waals surface area contributed by atoms with Gasteiger partial charge in [0.05, 0.1) is 12.9 Å². The molecule has 1 atom stereocenters. The maximum Gasteiger partial charge on any atom is 0.372 e. The molecule has 0 spiro atoms. The first-order chi connectivity index (χ1) is 9.56. The van der Waals surface area contributed by atoms with Crippen LogP contribution in [0.5, 0.6) is 0 Å². The van der Waals surface area contributed by atoms with Crippen molar-refractivity contribution < 1.29 is 24.2 Å². The van der Waals surface area contributed by atoms with Gasteiger partial charge < -0.3 is 20.4 Å². The second-order valence-electron chi connectivity index (χ2n) is 4.20. The Balaban J connectivity index is 2.56. The van der Waals surface area contributed by atoms with Gasteiger partial charge in [-0.2, -0.15) is 0 Å². The number of rotatable bonds is 5. The van der Waals surface area contributed by atoms with Gasteiger partial charge in [-0.05, 0) is 17.7 Å². The number of aromatic carboxylic acids is 1. The van der Waals surface area contributed by atoms with E-state index >= 15 is 0 Å². The van der Waals surface area contributed by atoms with Crippen LogP contribution in [0.1, 0.15) is 38.0 Å². The lowest BCUT2D eigenvalue weighted by atomic mass is 9.88. The summed E-state index contributed by atoms with van der Waals surface area (Å²) in [7, 11) is 0. The number of carboxylic acid groups (broad SMARTS) is 1. The molecule has 1 heterocycles. The van der Waals surface area contributed by atoms with E-state index in [2.05, 4.69) is 0 Å². The van der Waals surface area contributed by atoms with E-state index in [0.717, 1.165) is 0 Å². The first-order valence-corrected chi connectivity index (χ1v) is 5.86. The molecule has 2 rings (SSSR count). The summed E-state index contributed by atoms with van der Waals surface area (Å²) < 4.78 is 4.90. The van der Waals surface area contributed by atoms with E-state index in [1.165, 1.54) is 18.4 Å². The number of aliphatic hydroxyl groups excluding tert-OH is 1. The number of nitrogens with two attached hydrogens (primary N) is 1. The predicted molar refractivity (Wildman–Crippen MR) is 69.6 cm³/mol. The molecule has 4 N–H and O–H groups in total. The van der Waals surface area contributed by atoms with Gasteiger partial charge in [0.1, 0.15) is 0 Å². The molecule has 0 saturated heterocycles. The van der Waals surface area contributed by atoms with Crippen LogP contribution in [0.15, 0.2) is 41.0 Å². The molecule has 20 heavy (non-hydrogen) atoms. The van der Waals surface area contributed by atoms with Gasteiger partial charge in [0.2, 0.25) is 11.7 Å². The zero-order valence-electron chi connectivity index (χ0n) is 10.4. The highest BCUT2D eigenvalue weighted by Gasteiger charge is 2.25. The minimum atomic E-state index is -1.24. The van der Waals surface area contributed by atoms with Crippen molar-refractivity contribution in [3.8, 4) is 0 Å². The molecule has 0 bridgehead atoms. The SMILES string of the molecule is NC(=O)c1ccccc1[C@@H](CO)c1ccoc1C(=O)O. The van der Waals surface area contributed by atoms with E-state index in [-0.39, 0.29) is 17.9 Å². The number of amides is 1. The topological polar surface area (TPSA) is 114 Å². The number of aliphatic hydroxyl groups is 1. The van der Waals surface area contributed by atoms with Gasteiger partial charge in [-0.25, -0.2) is 4.79 Å². The van der Waals surface area contributed by atoms with Crippen molar-refractivity contribution in [1.29, 1.82) is 0 Å². The van der Waals surface area contributed by atoms with Crippen LogP contribution < -0.4 is 5.73 Å². The molecular formula is C14H13NO5. The Bertz CT molecular complexity index is 647. The maximum atomic E-state index is 11.4. The van der Waals surface area contributed by atoms with Gasteiger partial charge in [-0.1, -0.05) is 18.2 Å². The minimum absolute atomic E-state index is 0.240. The Morgan fingerprint density at radius 2 is 1.90 bits per heavy atom. The third kappa shape index (κ3) is 2.41. The molecule has 0 radical (unpaired) electrons. The molecule has 1 amide bonds. The summed E-state index contributed by atoms with van der Waals surface area (Å²) in [6.07, 6.45) is 1.23. The van der Waals surface area contributed by atoms with E-state index in [9.17, 15) is 14.7 Å². The fourth-order valence-electron chi connectivity index (χ4n) is 2.16. The number of hydrogen-bond acceptors (Lipinski definition) is 4. The average Bonchev–Trinajstić information content (AvgIpc) is 2.89. The maximum absolute atomic E-state index is 11.4. The van der Waals surface area contributed by atoms with Gasteiger partial charge in [0, 0.05) is 17.0 Å². The zero-order chi connectivity index (χ0) is 14.7. The predicted octanol–water partition coefficient (Wildman–Crippen LogP) is 1.20. The molecule has 1 aromatic heterocycles. The van der Waals surface area contributed by atoms with Crippen molar-refractivity contribution in [2.24, 2.45) is 5.73 Å². The summed E-state index contributed by atoms with van der Waals surface area (Å²) in [4.78, 5) is 22.5. The standard InChI is InChI=1S/C14H13NO5/c15-13(17)10-4-2-1-3-8(10)11(7-16)9-5-6-20-12(9)14(18)19/h1-6,11,16H,7H2,(H2,15,17)(H,18,19)/t11-/m1/s1. The molecule has 104 valence electrons. The zero-order valence-corrected chi connectivity index (χ0v) is 10.4. The second-order valence-corrected chi connectivity index (χ2v) is 4.20. The number of primary amides is 1. The number of hydrogen-bond donors (Lipinski definition) is 3. The highest BCUT2D eigenvalue weighted by molar-refractivity contribution is 5.95. The van der Waals surface area contributed by atoms with Crippen molar-refractivity contribution in [2.75, 3.05) is 6.61 Å². The lowest BCUT2D eigenvalue weighted by Gasteiger charge is -2.16. The van der Waals surface area contributed by atoms with Gasteiger partial charge in [-0.3, -0.25) is 4.79 Å². The van der Waals surface area contributed by atoms with Crippen molar-refractivity contribution >= 4 is 11.9 Å². The largest absolute Gasteiger partial charge is 0.475 e. The quantitative estimate of drug-likeness (QED) is 0.758. The number of furan rings is 1. The third-order valence-corrected chi connectivity index (χ3v) is 3.05. The van der Waals surface area contributed by atoms with E-state index in [4.69, 9.17) is 15.3 Å². The minimum Gasteiger partial charge on any atom is -0.475 e. The van der Waals surface area contributed by atoms with Crippen LogP contribution in [0.4, 0.5) is 0 Å². The molecule has 1 aromatic carbocycles. The van der Waals surface area contributed by atoms with Gasteiger partial charge >= 0.3 is 5.97 Å². The monoisotopic (exact) mass is 275 g/mol. The van der Waals surface area contributed by atoms with Crippen LogP contribution in [0.2, 0.25) is 0 Å². The van der Waals surface area contributed by atoms with Crippen LogP contribution in [0.25, 0.3) is 0 Å². The summed E-state index contributed by atoms with van der Waals surface area (Å²) in [6.45, 7) is -0.371. The first kappa shape index (κ1) is 13.8. The lowest BCUT2D eigenvalue weighted by molar-refractivity contribution is 0.0659. The number of benzene rings is 1. The van der Waals surface area contributed by atoms with Crippen LogP contribution >= 0.6 is 0 Å². The molecule has 0 unspecified atom stereocenters. The number of carbonyl (C=O) groups excluding carboxylic acids is 1. The summed E-state index contributed by atoms with van der Waals surface area (Å²) in [5, 5.41) is 18.6. The van der Waals surface area contributed by atoms with Crippen LogP contribution in [-0.4, -0.2) is 28.7 Å². The Morgan fingerprint density at radius 3 is 2.50 bits per heavy atom. The normalized spacial score (nSPS) is 12.1. The van der Waals surface area contributed by atoms with Crippen molar-refractivity contribution in [3.63, 3.8) is 0 Å². The molecule has 0 saturated carbocycles. The second kappa shape index (κ2) is 5.58. The fraction of sp³-hybridized carbons (Fsp3) is 0.143. The van der Waals surface area contributed by atoms with Crippen LogP contribution in [0.3, 0.4) is 0 Å². The van der Waals surface area contributed by atoms with Gasteiger partial charge in [0.15, 0.2) is 0 Å². The molecular weight excluding hydrogens is 262 g/mol. The summed E-state index contributed by atoms with van der Waals surface area (Å²) >= 11 is 0. The van der Waals surface area contributed by atoms with Crippen molar-refractivity contribution in [1.82, 2.24) is 0 Å². The van der Waals surface area contributed by atoms with Crippen molar-refractivity contribution in [2.45, 2.75) is 5.92 Å². The Kier molecular flexibility index (Phi) is 3.86. The smallest absolute Gasteiger partial charge is 0.372 e. The molecule has 6 nitrogen and oxygen atoms in total. The fourth-order valence-corrected chi connectivity index (χ4v) is 2.16. The summed E-state index contributed by atoms with van der Waals surface area (Å²) in [5.41, 5.74) is 6.30. The lowest BCUT2D eigenvalue weighted by Crippen LogP contribution is -2.18. The Labute approximate surface area is 114 Å².